The summed E-state index contributed by atoms with van der Waals surface area (Å²) in [6.45, 7) is 4.75. The molecule has 2 heterocycles. The number of carboxylic acids is 1. The minimum atomic E-state index is -0.724. The molecule has 0 aromatic rings. The Morgan fingerprint density at radius 1 is 1.44 bits per heavy atom. The maximum absolute atomic E-state index is 11.4. The number of rotatable bonds is 5. The Hall–Kier alpha value is -0.650. The molecule has 1 unspecified atom stereocenters. The molecule has 0 amide bonds. The number of likely N-dealkylation sites (tertiary alicyclic amines) is 1. The second kappa shape index (κ2) is 5.99. The smallest absolute Gasteiger partial charge is 0.320 e. The SMILES string of the molecule is CCCCC(C(=O)O)N1CCCC2(C1)OCCO2. The normalized spacial score (nSPS) is 25.4. The third-order valence-electron chi connectivity index (χ3n) is 3.82. The molecular formula is C13H23NO4. The lowest BCUT2D eigenvalue weighted by Crippen LogP contribution is -2.54. The van der Waals surface area contributed by atoms with E-state index in [1.54, 1.807) is 0 Å². The summed E-state index contributed by atoms with van der Waals surface area (Å²) in [5, 5.41) is 9.36. The molecule has 1 atom stereocenters. The van der Waals surface area contributed by atoms with Crippen LogP contribution in [0.4, 0.5) is 0 Å². The summed E-state index contributed by atoms with van der Waals surface area (Å²) >= 11 is 0. The number of aliphatic carboxylic acids is 1. The van der Waals surface area contributed by atoms with Crippen LogP contribution < -0.4 is 0 Å². The first-order chi connectivity index (χ1) is 8.67. The number of piperidine rings is 1. The molecule has 2 aliphatic rings. The molecule has 5 nitrogen and oxygen atoms in total. The van der Waals surface area contributed by atoms with Crippen LogP contribution in [0.1, 0.15) is 39.0 Å². The summed E-state index contributed by atoms with van der Waals surface area (Å²) in [6, 6.07) is -0.394. The molecule has 104 valence electrons. The van der Waals surface area contributed by atoms with Gasteiger partial charge in [0.05, 0.1) is 19.8 Å². The largest absolute Gasteiger partial charge is 0.480 e. The van der Waals surface area contributed by atoms with Gasteiger partial charge in [-0.1, -0.05) is 19.8 Å². The van der Waals surface area contributed by atoms with Crippen molar-refractivity contribution in [2.24, 2.45) is 0 Å². The molecule has 2 aliphatic heterocycles. The van der Waals surface area contributed by atoms with E-state index in [1.165, 1.54) is 0 Å². The quantitative estimate of drug-likeness (QED) is 0.808. The van der Waals surface area contributed by atoms with Gasteiger partial charge in [-0.25, -0.2) is 0 Å². The van der Waals surface area contributed by atoms with Crippen molar-refractivity contribution in [2.75, 3.05) is 26.3 Å². The van der Waals surface area contributed by atoms with Gasteiger partial charge >= 0.3 is 5.97 Å². The summed E-state index contributed by atoms with van der Waals surface area (Å²) in [7, 11) is 0. The van der Waals surface area contributed by atoms with Crippen LogP contribution in [0.15, 0.2) is 0 Å². The summed E-state index contributed by atoms with van der Waals surface area (Å²) in [4.78, 5) is 13.4. The van der Waals surface area contributed by atoms with Crippen molar-refractivity contribution >= 4 is 5.97 Å². The maximum atomic E-state index is 11.4. The summed E-state index contributed by atoms with van der Waals surface area (Å²) in [6.07, 6.45) is 4.50. The molecular weight excluding hydrogens is 234 g/mol. The Morgan fingerprint density at radius 2 is 2.17 bits per heavy atom. The molecule has 0 aliphatic carbocycles. The van der Waals surface area contributed by atoms with Crippen molar-refractivity contribution < 1.29 is 19.4 Å². The van der Waals surface area contributed by atoms with Gasteiger partial charge in [0.25, 0.3) is 0 Å². The third kappa shape index (κ3) is 3.02. The number of ether oxygens (including phenoxy) is 2. The van der Waals surface area contributed by atoms with E-state index < -0.39 is 17.8 Å². The van der Waals surface area contributed by atoms with Crippen molar-refractivity contribution in [2.45, 2.75) is 50.9 Å². The average molecular weight is 257 g/mol. The van der Waals surface area contributed by atoms with Crippen LogP contribution in [-0.2, 0) is 14.3 Å². The van der Waals surface area contributed by atoms with Crippen molar-refractivity contribution in [3.63, 3.8) is 0 Å². The highest BCUT2D eigenvalue weighted by Gasteiger charge is 2.43. The van der Waals surface area contributed by atoms with E-state index >= 15 is 0 Å². The monoisotopic (exact) mass is 257 g/mol. The summed E-state index contributed by atoms with van der Waals surface area (Å²) < 4.78 is 11.4. The third-order valence-corrected chi connectivity index (χ3v) is 3.82. The van der Waals surface area contributed by atoms with E-state index in [1.807, 2.05) is 4.90 Å². The highest BCUT2D eigenvalue weighted by Crippen LogP contribution is 2.31. The van der Waals surface area contributed by atoms with Gasteiger partial charge in [0, 0.05) is 6.42 Å². The maximum Gasteiger partial charge on any atom is 0.320 e. The highest BCUT2D eigenvalue weighted by molar-refractivity contribution is 5.73. The first kappa shape index (κ1) is 13.8. The van der Waals surface area contributed by atoms with Gasteiger partial charge in [0.2, 0.25) is 0 Å². The Bertz CT molecular complexity index is 289. The Morgan fingerprint density at radius 3 is 2.78 bits per heavy atom. The van der Waals surface area contributed by atoms with Gasteiger partial charge in [0.1, 0.15) is 6.04 Å². The van der Waals surface area contributed by atoms with E-state index in [2.05, 4.69) is 6.92 Å². The number of nitrogens with zero attached hydrogens (tertiary/aromatic N) is 1. The van der Waals surface area contributed by atoms with Crippen LogP contribution >= 0.6 is 0 Å². The van der Waals surface area contributed by atoms with Gasteiger partial charge in [-0.3, -0.25) is 9.69 Å². The van der Waals surface area contributed by atoms with Crippen LogP contribution in [0.5, 0.6) is 0 Å². The molecule has 0 aromatic heterocycles. The molecule has 0 aromatic carbocycles. The van der Waals surface area contributed by atoms with Crippen LogP contribution in [0.3, 0.4) is 0 Å². The van der Waals surface area contributed by atoms with E-state index in [0.717, 1.165) is 32.2 Å². The number of hydrogen-bond donors (Lipinski definition) is 1. The zero-order chi connectivity index (χ0) is 13.0. The highest BCUT2D eigenvalue weighted by atomic mass is 16.7. The molecule has 2 fully saturated rings. The molecule has 0 radical (unpaired) electrons. The predicted octanol–water partition coefficient (Wildman–Crippen LogP) is 1.47. The van der Waals surface area contributed by atoms with Crippen LogP contribution in [0.2, 0.25) is 0 Å². The van der Waals surface area contributed by atoms with Crippen LogP contribution in [0, 0.1) is 0 Å². The van der Waals surface area contributed by atoms with Crippen molar-refractivity contribution in [3.8, 4) is 0 Å². The van der Waals surface area contributed by atoms with E-state index in [-0.39, 0.29) is 0 Å². The Kier molecular flexibility index (Phi) is 4.59. The minimum absolute atomic E-state index is 0.394. The lowest BCUT2D eigenvalue weighted by Gasteiger charge is -2.41. The zero-order valence-electron chi connectivity index (χ0n) is 11.1. The fourth-order valence-electron chi connectivity index (χ4n) is 2.88. The Labute approximate surface area is 108 Å². The molecule has 18 heavy (non-hydrogen) atoms. The van der Waals surface area contributed by atoms with Gasteiger partial charge in [-0.15, -0.1) is 0 Å². The van der Waals surface area contributed by atoms with Crippen molar-refractivity contribution in [1.29, 1.82) is 0 Å². The van der Waals surface area contributed by atoms with E-state index in [4.69, 9.17) is 9.47 Å². The van der Waals surface area contributed by atoms with E-state index in [0.29, 0.717) is 26.2 Å². The fraction of sp³-hybridized carbons (Fsp3) is 0.923. The van der Waals surface area contributed by atoms with Gasteiger partial charge in [-0.2, -0.15) is 0 Å². The molecule has 2 saturated heterocycles. The number of unbranched alkanes of at least 4 members (excludes halogenated alkanes) is 1. The lowest BCUT2D eigenvalue weighted by molar-refractivity contribution is -0.196. The molecule has 5 heteroatoms. The molecule has 1 N–H and O–H groups in total. The molecule has 0 saturated carbocycles. The van der Waals surface area contributed by atoms with Crippen LogP contribution in [0.25, 0.3) is 0 Å². The fourth-order valence-corrected chi connectivity index (χ4v) is 2.88. The van der Waals surface area contributed by atoms with Crippen molar-refractivity contribution in [3.05, 3.63) is 0 Å². The van der Waals surface area contributed by atoms with Gasteiger partial charge < -0.3 is 14.6 Å². The van der Waals surface area contributed by atoms with Crippen molar-refractivity contribution in [1.82, 2.24) is 4.90 Å². The van der Waals surface area contributed by atoms with Gasteiger partial charge in [0.15, 0.2) is 5.79 Å². The average Bonchev–Trinajstić information content (AvgIpc) is 2.77. The van der Waals surface area contributed by atoms with Crippen LogP contribution in [-0.4, -0.2) is 54.1 Å². The zero-order valence-corrected chi connectivity index (χ0v) is 11.1. The second-order valence-electron chi connectivity index (χ2n) is 5.18. The summed E-state index contributed by atoms with van der Waals surface area (Å²) in [5.74, 6) is -1.25. The minimum Gasteiger partial charge on any atom is -0.480 e. The molecule has 2 rings (SSSR count). The number of carbonyl (C=O) groups is 1. The first-order valence-electron chi connectivity index (χ1n) is 6.92. The van der Waals surface area contributed by atoms with E-state index in [9.17, 15) is 9.90 Å². The number of carboxylic acid groups (broad SMARTS) is 1. The Balaban J connectivity index is 1.98. The summed E-state index contributed by atoms with van der Waals surface area (Å²) in [5.41, 5.74) is 0. The molecule has 1 spiro atoms. The second-order valence-corrected chi connectivity index (χ2v) is 5.18. The standard InChI is InChI=1S/C13H23NO4/c1-2-3-5-11(12(15)16)14-7-4-6-13(10-14)17-8-9-18-13/h11H,2-10H2,1H3,(H,15,16). The predicted molar refractivity (Wildman–Crippen MR) is 66.4 cm³/mol. The first-order valence-corrected chi connectivity index (χ1v) is 6.92. The topological polar surface area (TPSA) is 59.0 Å². The molecule has 0 bridgehead atoms. The van der Waals surface area contributed by atoms with Gasteiger partial charge in [-0.05, 0) is 19.4 Å². The lowest BCUT2D eigenvalue weighted by atomic mass is 10.00. The number of hydrogen-bond acceptors (Lipinski definition) is 4.